The van der Waals surface area contributed by atoms with Crippen LogP contribution in [0.5, 0.6) is 0 Å². The maximum atomic E-state index is 12.7. The van der Waals surface area contributed by atoms with E-state index in [-0.39, 0.29) is 4.90 Å². The molecule has 0 bridgehead atoms. The molecule has 1 N–H and O–H groups in total. The van der Waals surface area contributed by atoms with Crippen molar-refractivity contribution in [3.05, 3.63) is 59.7 Å². The van der Waals surface area contributed by atoms with Gasteiger partial charge in [0, 0.05) is 11.3 Å². The minimum absolute atomic E-state index is 0.167. The Kier molecular flexibility index (Phi) is 2.87. The van der Waals surface area contributed by atoms with Crippen LogP contribution in [0.1, 0.15) is 16.4 Å². The highest BCUT2D eigenvalue weighted by Crippen LogP contribution is 2.38. The number of para-hydroxylation sites is 1. The Balaban J connectivity index is 2.13. The van der Waals surface area contributed by atoms with Crippen molar-refractivity contribution in [3.8, 4) is 0 Å². The first kappa shape index (κ1) is 12.9. The van der Waals surface area contributed by atoms with Crippen LogP contribution in [-0.2, 0) is 14.6 Å². The van der Waals surface area contributed by atoms with Gasteiger partial charge >= 0.3 is 0 Å². The summed E-state index contributed by atoms with van der Waals surface area (Å²) in [5.74, 6) is -0.494. The average molecular weight is 287 g/mol. The standard InChI is InChI=1S/C15H13NO3S/c1-10-6-8-11(9-7-10)20(18,19)14-12-4-2-3-5-13(12)16-15(14)17/h2-9,14H,1H3,(H,16,17)/t14-/m0/s1. The Bertz CT molecular complexity index is 779. The van der Waals surface area contributed by atoms with E-state index in [1.54, 1.807) is 48.5 Å². The highest BCUT2D eigenvalue weighted by Gasteiger charge is 2.41. The lowest BCUT2D eigenvalue weighted by atomic mass is 10.2. The number of aryl methyl sites for hydroxylation is 1. The van der Waals surface area contributed by atoms with Gasteiger partial charge in [0.1, 0.15) is 0 Å². The van der Waals surface area contributed by atoms with Crippen molar-refractivity contribution in [2.75, 3.05) is 5.32 Å². The zero-order chi connectivity index (χ0) is 14.3. The van der Waals surface area contributed by atoms with Crippen molar-refractivity contribution in [3.63, 3.8) is 0 Å². The van der Waals surface area contributed by atoms with Gasteiger partial charge in [0.2, 0.25) is 5.91 Å². The Morgan fingerprint density at radius 1 is 1.00 bits per heavy atom. The lowest BCUT2D eigenvalue weighted by Gasteiger charge is -2.11. The molecule has 2 aromatic carbocycles. The number of nitrogens with one attached hydrogen (secondary N) is 1. The first-order valence-corrected chi connectivity index (χ1v) is 7.75. The predicted octanol–water partition coefficient (Wildman–Crippen LogP) is 2.46. The third kappa shape index (κ3) is 1.91. The topological polar surface area (TPSA) is 63.2 Å². The van der Waals surface area contributed by atoms with Crippen molar-refractivity contribution < 1.29 is 13.2 Å². The van der Waals surface area contributed by atoms with Gasteiger partial charge in [-0.2, -0.15) is 0 Å². The molecule has 3 rings (SSSR count). The minimum atomic E-state index is -3.73. The zero-order valence-corrected chi connectivity index (χ0v) is 11.6. The van der Waals surface area contributed by atoms with Gasteiger partial charge in [0.15, 0.2) is 15.1 Å². The molecule has 0 fully saturated rings. The van der Waals surface area contributed by atoms with Crippen LogP contribution < -0.4 is 5.32 Å². The van der Waals surface area contributed by atoms with Crippen LogP contribution in [-0.4, -0.2) is 14.3 Å². The number of hydrogen-bond acceptors (Lipinski definition) is 3. The van der Waals surface area contributed by atoms with E-state index in [9.17, 15) is 13.2 Å². The molecule has 4 nitrogen and oxygen atoms in total. The number of rotatable bonds is 2. The van der Waals surface area contributed by atoms with Gasteiger partial charge in [-0.3, -0.25) is 4.79 Å². The summed E-state index contributed by atoms with van der Waals surface area (Å²) in [5, 5.41) is 1.45. The molecule has 0 saturated carbocycles. The molecule has 1 heterocycles. The molecular weight excluding hydrogens is 274 g/mol. The summed E-state index contributed by atoms with van der Waals surface area (Å²) in [7, 11) is -3.73. The quantitative estimate of drug-likeness (QED) is 0.923. The zero-order valence-electron chi connectivity index (χ0n) is 10.8. The van der Waals surface area contributed by atoms with Gasteiger partial charge in [0.25, 0.3) is 0 Å². The fourth-order valence-corrected chi connectivity index (χ4v) is 4.02. The van der Waals surface area contributed by atoms with Crippen LogP contribution in [0.15, 0.2) is 53.4 Å². The number of amides is 1. The monoisotopic (exact) mass is 287 g/mol. The van der Waals surface area contributed by atoms with E-state index >= 15 is 0 Å². The molecule has 102 valence electrons. The average Bonchev–Trinajstić information content (AvgIpc) is 2.75. The SMILES string of the molecule is Cc1ccc(S(=O)(=O)[C@@H]2C(=O)Nc3ccccc32)cc1. The fraction of sp³-hybridized carbons (Fsp3) is 0.133. The van der Waals surface area contributed by atoms with E-state index in [2.05, 4.69) is 5.32 Å². The van der Waals surface area contributed by atoms with E-state index in [4.69, 9.17) is 0 Å². The molecule has 0 unspecified atom stereocenters. The van der Waals surface area contributed by atoms with Crippen molar-refractivity contribution in [1.82, 2.24) is 0 Å². The Labute approximate surface area is 117 Å². The number of sulfone groups is 1. The summed E-state index contributed by atoms with van der Waals surface area (Å²) in [6.07, 6.45) is 0. The number of carbonyl (C=O) groups excluding carboxylic acids is 1. The van der Waals surface area contributed by atoms with Gasteiger partial charge < -0.3 is 5.32 Å². The molecule has 1 amide bonds. The number of hydrogen-bond donors (Lipinski definition) is 1. The second-order valence-corrected chi connectivity index (χ2v) is 6.85. The molecule has 0 spiro atoms. The van der Waals surface area contributed by atoms with Gasteiger partial charge in [-0.25, -0.2) is 8.42 Å². The summed E-state index contributed by atoms with van der Waals surface area (Å²) in [6, 6.07) is 13.4. The smallest absolute Gasteiger partial charge is 0.247 e. The van der Waals surface area contributed by atoms with E-state index in [1.807, 2.05) is 6.92 Å². The first-order chi connectivity index (χ1) is 9.50. The normalized spacial score (nSPS) is 17.6. The Morgan fingerprint density at radius 3 is 2.35 bits per heavy atom. The van der Waals surface area contributed by atoms with E-state index in [0.29, 0.717) is 11.3 Å². The van der Waals surface area contributed by atoms with Gasteiger partial charge in [-0.05, 0) is 25.1 Å². The molecule has 1 aliphatic heterocycles. The van der Waals surface area contributed by atoms with Gasteiger partial charge in [-0.1, -0.05) is 35.9 Å². The van der Waals surface area contributed by atoms with Gasteiger partial charge in [0.05, 0.1) is 4.90 Å². The van der Waals surface area contributed by atoms with Crippen LogP contribution in [0.2, 0.25) is 0 Å². The summed E-state index contributed by atoms with van der Waals surface area (Å²) in [6.45, 7) is 1.88. The molecular formula is C15H13NO3S. The van der Waals surface area contributed by atoms with Crippen molar-refractivity contribution in [2.24, 2.45) is 0 Å². The van der Waals surface area contributed by atoms with Crippen molar-refractivity contribution in [2.45, 2.75) is 17.1 Å². The third-order valence-corrected chi connectivity index (χ3v) is 5.42. The molecule has 5 heteroatoms. The number of fused-ring (bicyclic) bond motifs is 1. The van der Waals surface area contributed by atoms with Crippen molar-refractivity contribution in [1.29, 1.82) is 0 Å². The molecule has 0 aromatic heterocycles. The lowest BCUT2D eigenvalue weighted by Crippen LogP contribution is -2.21. The fourth-order valence-electron chi connectivity index (χ4n) is 2.35. The highest BCUT2D eigenvalue weighted by molar-refractivity contribution is 7.92. The molecule has 2 aromatic rings. The summed E-state index contributed by atoms with van der Waals surface area (Å²) < 4.78 is 25.3. The van der Waals surface area contributed by atoms with Crippen molar-refractivity contribution >= 4 is 21.4 Å². The Morgan fingerprint density at radius 2 is 1.65 bits per heavy atom. The Hall–Kier alpha value is -2.14. The van der Waals surface area contributed by atoms with Crippen LogP contribution in [0, 0.1) is 6.92 Å². The second kappa shape index (κ2) is 4.45. The maximum Gasteiger partial charge on any atom is 0.247 e. The maximum absolute atomic E-state index is 12.7. The molecule has 1 aliphatic rings. The van der Waals surface area contributed by atoms with E-state index < -0.39 is 21.0 Å². The molecule has 0 saturated heterocycles. The second-order valence-electron chi connectivity index (χ2n) is 4.81. The minimum Gasteiger partial charge on any atom is -0.324 e. The molecule has 0 aliphatic carbocycles. The number of benzene rings is 2. The van der Waals surface area contributed by atoms with Crippen LogP contribution in [0.3, 0.4) is 0 Å². The molecule has 1 atom stereocenters. The van der Waals surface area contributed by atoms with Gasteiger partial charge in [-0.15, -0.1) is 0 Å². The molecule has 20 heavy (non-hydrogen) atoms. The molecule has 0 radical (unpaired) electrons. The van der Waals surface area contributed by atoms with Crippen LogP contribution in [0.4, 0.5) is 5.69 Å². The number of carbonyl (C=O) groups is 1. The van der Waals surface area contributed by atoms with E-state index in [0.717, 1.165) is 5.56 Å². The van der Waals surface area contributed by atoms with Crippen LogP contribution >= 0.6 is 0 Å². The third-order valence-electron chi connectivity index (χ3n) is 3.40. The first-order valence-electron chi connectivity index (χ1n) is 6.20. The summed E-state index contributed by atoms with van der Waals surface area (Å²) in [4.78, 5) is 12.2. The summed E-state index contributed by atoms with van der Waals surface area (Å²) >= 11 is 0. The lowest BCUT2D eigenvalue weighted by molar-refractivity contribution is -0.115. The highest BCUT2D eigenvalue weighted by atomic mass is 32.2. The van der Waals surface area contributed by atoms with E-state index in [1.165, 1.54) is 0 Å². The largest absolute Gasteiger partial charge is 0.324 e. The summed E-state index contributed by atoms with van der Waals surface area (Å²) in [5.41, 5.74) is 2.05. The number of anilines is 1. The predicted molar refractivity (Wildman–Crippen MR) is 76.2 cm³/mol. The van der Waals surface area contributed by atoms with Crippen LogP contribution in [0.25, 0.3) is 0 Å².